The van der Waals surface area contributed by atoms with Crippen LogP contribution in [-0.2, 0) is 0 Å². The average Bonchev–Trinajstić information content (AvgIpc) is 2.52. The fraction of sp³-hybridized carbons (Fsp3) is 0.647. The Bertz CT molecular complexity index is 349. The molecule has 1 saturated carbocycles. The van der Waals surface area contributed by atoms with E-state index in [0.29, 0.717) is 0 Å². The Kier molecular flexibility index (Phi) is 6.89. The molecule has 2 N–H and O–H groups in total. The third kappa shape index (κ3) is 5.14. The monoisotopic (exact) mass is 276 g/mol. The number of ether oxygens (including phenoxy) is 1. The minimum Gasteiger partial charge on any atom is -0.494 e. The number of nitrogens with zero attached hydrogens (tertiary/aromatic N) is 1. The van der Waals surface area contributed by atoms with E-state index in [1.807, 2.05) is 30.3 Å². The average molecular weight is 276 g/mol. The molecule has 2 rings (SSSR count). The van der Waals surface area contributed by atoms with Crippen LogP contribution in [0.2, 0.25) is 0 Å². The Labute approximate surface area is 123 Å². The van der Waals surface area contributed by atoms with Gasteiger partial charge in [-0.05, 0) is 31.4 Å². The maximum atomic E-state index is 5.76. The van der Waals surface area contributed by atoms with Crippen molar-refractivity contribution in [2.45, 2.75) is 44.6 Å². The first-order chi connectivity index (χ1) is 9.90. The Morgan fingerprint density at radius 1 is 1.05 bits per heavy atom. The first kappa shape index (κ1) is 15.3. The molecule has 20 heavy (non-hydrogen) atoms. The smallest absolute Gasteiger partial charge is 0.119 e. The lowest BCUT2D eigenvalue weighted by molar-refractivity contribution is 0.148. The molecule has 3 heteroatoms. The summed E-state index contributed by atoms with van der Waals surface area (Å²) < 4.78 is 5.76. The van der Waals surface area contributed by atoms with Gasteiger partial charge in [-0.2, -0.15) is 0 Å². The zero-order valence-corrected chi connectivity index (χ0v) is 12.5. The molecule has 0 saturated heterocycles. The van der Waals surface area contributed by atoms with Crippen molar-refractivity contribution in [3.8, 4) is 5.75 Å². The summed E-state index contributed by atoms with van der Waals surface area (Å²) in [5, 5.41) is 0. The van der Waals surface area contributed by atoms with Crippen molar-refractivity contribution in [1.29, 1.82) is 0 Å². The molecule has 0 aromatic heterocycles. The molecule has 0 amide bonds. The first-order valence-electron chi connectivity index (χ1n) is 8.02. The number of para-hydroxylation sites is 1. The van der Waals surface area contributed by atoms with Crippen molar-refractivity contribution in [3.05, 3.63) is 30.3 Å². The molecule has 0 radical (unpaired) electrons. The Hall–Kier alpha value is -1.06. The molecular weight excluding hydrogens is 248 g/mol. The topological polar surface area (TPSA) is 38.5 Å². The maximum absolute atomic E-state index is 5.76. The number of hydrogen-bond donors (Lipinski definition) is 1. The molecule has 1 aliphatic rings. The summed E-state index contributed by atoms with van der Waals surface area (Å²) in [6.07, 6.45) is 7.94. The highest BCUT2D eigenvalue weighted by atomic mass is 16.5. The van der Waals surface area contributed by atoms with Gasteiger partial charge in [-0.15, -0.1) is 0 Å². The summed E-state index contributed by atoms with van der Waals surface area (Å²) >= 11 is 0. The number of nitrogens with two attached hydrogens (primary N) is 1. The van der Waals surface area contributed by atoms with Crippen LogP contribution in [0.25, 0.3) is 0 Å². The minimum absolute atomic E-state index is 0.754. The summed E-state index contributed by atoms with van der Waals surface area (Å²) in [7, 11) is 0. The van der Waals surface area contributed by atoms with E-state index in [2.05, 4.69) is 4.90 Å². The van der Waals surface area contributed by atoms with Gasteiger partial charge in [0.15, 0.2) is 0 Å². The second kappa shape index (κ2) is 8.98. The van der Waals surface area contributed by atoms with Gasteiger partial charge in [-0.25, -0.2) is 0 Å². The van der Waals surface area contributed by atoms with Crippen LogP contribution >= 0.6 is 0 Å². The summed E-state index contributed by atoms with van der Waals surface area (Å²) in [5.41, 5.74) is 5.76. The Balaban J connectivity index is 1.69. The van der Waals surface area contributed by atoms with Crippen LogP contribution in [0.5, 0.6) is 5.75 Å². The molecule has 112 valence electrons. The van der Waals surface area contributed by atoms with Crippen molar-refractivity contribution in [2.75, 3.05) is 26.2 Å². The molecule has 1 aromatic rings. The van der Waals surface area contributed by atoms with Crippen molar-refractivity contribution >= 4 is 0 Å². The van der Waals surface area contributed by atoms with E-state index < -0.39 is 0 Å². The summed E-state index contributed by atoms with van der Waals surface area (Å²) in [4.78, 5) is 2.58. The molecule has 0 aliphatic heterocycles. The zero-order chi connectivity index (χ0) is 14.0. The third-order valence-corrected chi connectivity index (χ3v) is 4.11. The van der Waals surface area contributed by atoms with E-state index in [1.165, 1.54) is 32.1 Å². The predicted molar refractivity (Wildman–Crippen MR) is 84.1 cm³/mol. The van der Waals surface area contributed by atoms with Crippen LogP contribution < -0.4 is 10.5 Å². The molecule has 3 nitrogen and oxygen atoms in total. The molecule has 1 fully saturated rings. The molecule has 0 unspecified atom stereocenters. The first-order valence-corrected chi connectivity index (χ1v) is 8.02. The Morgan fingerprint density at radius 2 is 1.80 bits per heavy atom. The highest BCUT2D eigenvalue weighted by Crippen LogP contribution is 2.22. The molecule has 0 bridgehead atoms. The third-order valence-electron chi connectivity index (χ3n) is 4.11. The molecule has 0 spiro atoms. The van der Waals surface area contributed by atoms with Gasteiger partial charge in [0.25, 0.3) is 0 Å². The molecule has 1 aliphatic carbocycles. The normalized spacial score (nSPS) is 16.5. The number of rotatable bonds is 8. The zero-order valence-electron chi connectivity index (χ0n) is 12.5. The lowest BCUT2D eigenvalue weighted by Crippen LogP contribution is -2.41. The van der Waals surface area contributed by atoms with E-state index in [1.54, 1.807) is 0 Å². The van der Waals surface area contributed by atoms with Gasteiger partial charge in [-0.3, -0.25) is 4.90 Å². The van der Waals surface area contributed by atoms with Gasteiger partial charge in [-0.1, -0.05) is 37.5 Å². The van der Waals surface area contributed by atoms with Crippen molar-refractivity contribution in [1.82, 2.24) is 4.90 Å². The van der Waals surface area contributed by atoms with Crippen LogP contribution in [0, 0.1) is 0 Å². The fourth-order valence-electron chi connectivity index (χ4n) is 3.06. The van der Waals surface area contributed by atoms with Gasteiger partial charge < -0.3 is 10.5 Å². The lowest BCUT2D eigenvalue weighted by atomic mass is 9.94. The predicted octanol–water partition coefficient (Wildman–Crippen LogP) is 3.05. The van der Waals surface area contributed by atoms with Gasteiger partial charge in [0.05, 0.1) is 6.61 Å². The summed E-state index contributed by atoms with van der Waals surface area (Å²) in [5.74, 6) is 0.968. The second-order valence-corrected chi connectivity index (χ2v) is 5.63. The summed E-state index contributed by atoms with van der Waals surface area (Å²) in [6.45, 7) is 3.68. The largest absolute Gasteiger partial charge is 0.494 e. The molecule has 0 atom stereocenters. The van der Waals surface area contributed by atoms with Crippen LogP contribution in [-0.4, -0.2) is 37.2 Å². The van der Waals surface area contributed by atoms with Crippen molar-refractivity contribution in [2.24, 2.45) is 5.73 Å². The van der Waals surface area contributed by atoms with E-state index >= 15 is 0 Å². The lowest BCUT2D eigenvalue weighted by Gasteiger charge is -2.34. The number of hydrogen-bond acceptors (Lipinski definition) is 3. The summed E-state index contributed by atoms with van der Waals surface area (Å²) in [6, 6.07) is 10.8. The molecule has 1 aromatic carbocycles. The van der Waals surface area contributed by atoms with Crippen LogP contribution in [0.1, 0.15) is 38.5 Å². The van der Waals surface area contributed by atoms with E-state index in [9.17, 15) is 0 Å². The van der Waals surface area contributed by atoms with E-state index in [0.717, 1.165) is 44.5 Å². The standard InChI is InChI=1S/C17H28N2O/c18-12-14-19(16-8-3-1-4-9-16)13-7-15-20-17-10-5-2-6-11-17/h2,5-6,10-11,16H,1,3-4,7-9,12-15,18H2. The van der Waals surface area contributed by atoms with Crippen LogP contribution in [0.15, 0.2) is 30.3 Å². The molecular formula is C17H28N2O. The number of benzene rings is 1. The Morgan fingerprint density at radius 3 is 2.50 bits per heavy atom. The van der Waals surface area contributed by atoms with Gasteiger partial charge in [0.1, 0.15) is 5.75 Å². The van der Waals surface area contributed by atoms with E-state index in [-0.39, 0.29) is 0 Å². The van der Waals surface area contributed by atoms with E-state index in [4.69, 9.17) is 10.5 Å². The minimum atomic E-state index is 0.754. The fourth-order valence-corrected chi connectivity index (χ4v) is 3.06. The van der Waals surface area contributed by atoms with Gasteiger partial charge in [0, 0.05) is 25.7 Å². The van der Waals surface area contributed by atoms with Crippen LogP contribution in [0.3, 0.4) is 0 Å². The SMILES string of the molecule is NCCN(CCCOc1ccccc1)C1CCCCC1. The quantitative estimate of drug-likeness (QED) is 0.742. The van der Waals surface area contributed by atoms with Gasteiger partial charge in [0.2, 0.25) is 0 Å². The maximum Gasteiger partial charge on any atom is 0.119 e. The second-order valence-electron chi connectivity index (χ2n) is 5.63. The highest BCUT2D eigenvalue weighted by molar-refractivity contribution is 5.20. The highest BCUT2D eigenvalue weighted by Gasteiger charge is 2.19. The van der Waals surface area contributed by atoms with Crippen LogP contribution in [0.4, 0.5) is 0 Å². The van der Waals surface area contributed by atoms with Crippen molar-refractivity contribution < 1.29 is 4.74 Å². The van der Waals surface area contributed by atoms with Gasteiger partial charge >= 0.3 is 0 Å². The molecule has 0 heterocycles. The van der Waals surface area contributed by atoms with Crippen molar-refractivity contribution in [3.63, 3.8) is 0 Å².